The minimum absolute atomic E-state index is 0.168. The molecule has 1 aromatic heterocycles. The number of carbonyl (C=O) groups is 1. The van der Waals surface area contributed by atoms with Crippen molar-refractivity contribution in [2.45, 2.75) is 51.4 Å². The van der Waals surface area contributed by atoms with Gasteiger partial charge >= 0.3 is 6.09 Å². The molecule has 0 spiro atoms. The first-order chi connectivity index (χ1) is 13.5. The topological polar surface area (TPSA) is 76.8 Å². The predicted molar refractivity (Wildman–Crippen MR) is 111 cm³/mol. The molecule has 1 aliphatic rings. The molecule has 9 heteroatoms. The zero-order valence-electron chi connectivity index (χ0n) is 17.5. The molecular formula is C20H28FN3O4Si. The van der Waals surface area contributed by atoms with E-state index in [0.29, 0.717) is 5.69 Å². The van der Waals surface area contributed by atoms with Crippen molar-refractivity contribution < 1.29 is 23.5 Å². The van der Waals surface area contributed by atoms with E-state index in [1.165, 1.54) is 15.6 Å². The molecule has 7 nitrogen and oxygen atoms in total. The van der Waals surface area contributed by atoms with Gasteiger partial charge in [0.05, 0.1) is 30.6 Å². The van der Waals surface area contributed by atoms with Crippen LogP contribution in [0.5, 0.6) is 0 Å². The lowest BCUT2D eigenvalue weighted by Crippen LogP contribution is -2.27. The Morgan fingerprint density at radius 1 is 1.34 bits per heavy atom. The number of nitrogens with zero attached hydrogens (tertiary/aromatic N) is 3. The average molecular weight is 422 g/mol. The summed E-state index contributed by atoms with van der Waals surface area (Å²) in [6, 6.07) is 4.47. The molecule has 0 saturated carbocycles. The van der Waals surface area contributed by atoms with Crippen molar-refractivity contribution in [1.82, 2.24) is 9.78 Å². The number of halogens is 1. The van der Waals surface area contributed by atoms with Crippen molar-refractivity contribution in [2.75, 3.05) is 18.1 Å². The van der Waals surface area contributed by atoms with E-state index >= 15 is 0 Å². The van der Waals surface area contributed by atoms with E-state index in [0.717, 1.165) is 5.56 Å². The summed E-state index contributed by atoms with van der Waals surface area (Å²) in [6.45, 7) is 10.4. The number of cyclic esters (lactones) is 1. The van der Waals surface area contributed by atoms with Gasteiger partial charge in [-0.25, -0.2) is 13.9 Å². The fourth-order valence-corrected chi connectivity index (χ4v) is 3.88. The number of aliphatic hydroxyl groups is 1. The number of amides is 1. The molecular weight excluding hydrogens is 393 g/mol. The van der Waals surface area contributed by atoms with Gasteiger partial charge < -0.3 is 14.3 Å². The second kappa shape index (κ2) is 7.89. The molecule has 2 heterocycles. The maximum absolute atomic E-state index is 14.8. The summed E-state index contributed by atoms with van der Waals surface area (Å²) in [5, 5.41) is 13.6. The van der Waals surface area contributed by atoms with E-state index in [4.69, 9.17) is 14.3 Å². The number of hydrogen-bond donors (Lipinski definition) is 1. The summed E-state index contributed by atoms with van der Waals surface area (Å²) in [7, 11) is -0.764. The van der Waals surface area contributed by atoms with E-state index in [-0.39, 0.29) is 23.9 Å². The molecule has 0 aliphatic carbocycles. The lowest BCUT2D eigenvalue weighted by Gasteiger charge is -2.29. The highest BCUT2D eigenvalue weighted by atomic mass is 28.2. The Hall–Kier alpha value is -2.23. The van der Waals surface area contributed by atoms with Crippen molar-refractivity contribution in [1.29, 1.82) is 0 Å². The number of rotatable bonds is 6. The Labute approximate surface area is 172 Å². The van der Waals surface area contributed by atoms with Gasteiger partial charge in [-0.3, -0.25) is 4.90 Å². The van der Waals surface area contributed by atoms with Crippen LogP contribution in [0.25, 0.3) is 5.69 Å². The van der Waals surface area contributed by atoms with E-state index in [1.54, 1.807) is 24.5 Å². The highest BCUT2D eigenvalue weighted by Gasteiger charge is 2.32. The SMILES string of the molecule is CC(C)(C)[SiH2]OC(C)(C)c1cnn(-c2ccc(N3C[C@H](CO)OC3=O)cc2F)c1. The van der Waals surface area contributed by atoms with Crippen LogP contribution in [-0.4, -0.2) is 50.0 Å². The van der Waals surface area contributed by atoms with Gasteiger partial charge in [-0.15, -0.1) is 0 Å². The van der Waals surface area contributed by atoms with Crippen LogP contribution in [0.15, 0.2) is 30.6 Å². The number of aromatic nitrogens is 2. The standard InChI is InChI=1S/C20H28FN3O4Si/c1-19(2,3)29-28-20(4,5)13-9-22-24(10-13)17-7-6-14(8-16(17)21)23-11-15(12-25)27-18(23)26/h6-10,15,25H,11-12,29H2,1-5H3/t15-/m1/s1. The Balaban J connectivity index is 1.79. The molecule has 29 heavy (non-hydrogen) atoms. The smallest absolute Gasteiger partial charge is 0.414 e. The third kappa shape index (κ3) is 4.85. The van der Waals surface area contributed by atoms with Crippen molar-refractivity contribution >= 4 is 21.5 Å². The van der Waals surface area contributed by atoms with Crippen LogP contribution in [0.4, 0.5) is 14.9 Å². The van der Waals surface area contributed by atoms with Gasteiger partial charge in [-0.1, -0.05) is 20.8 Å². The maximum Gasteiger partial charge on any atom is 0.414 e. The van der Waals surface area contributed by atoms with Gasteiger partial charge in [0.2, 0.25) is 0 Å². The van der Waals surface area contributed by atoms with Gasteiger partial charge in [0.1, 0.15) is 11.8 Å². The summed E-state index contributed by atoms with van der Waals surface area (Å²) < 4.78 is 27.5. The maximum atomic E-state index is 14.8. The summed E-state index contributed by atoms with van der Waals surface area (Å²) in [4.78, 5) is 13.2. The van der Waals surface area contributed by atoms with E-state index in [2.05, 4.69) is 25.9 Å². The highest BCUT2D eigenvalue weighted by molar-refractivity contribution is 6.31. The lowest BCUT2D eigenvalue weighted by atomic mass is 10.0. The van der Waals surface area contributed by atoms with E-state index in [9.17, 15) is 9.18 Å². The summed E-state index contributed by atoms with van der Waals surface area (Å²) in [6.07, 6.45) is 2.26. The summed E-state index contributed by atoms with van der Waals surface area (Å²) >= 11 is 0. The Morgan fingerprint density at radius 3 is 2.66 bits per heavy atom. The number of aliphatic hydroxyl groups excluding tert-OH is 1. The normalized spacial score (nSPS) is 18.1. The molecule has 0 unspecified atom stereocenters. The van der Waals surface area contributed by atoms with Crippen LogP contribution >= 0.6 is 0 Å². The monoisotopic (exact) mass is 421 g/mol. The third-order valence-corrected chi connectivity index (χ3v) is 6.44. The number of anilines is 1. The molecule has 1 saturated heterocycles. The molecule has 1 atom stereocenters. The van der Waals surface area contributed by atoms with Crippen LogP contribution in [0.2, 0.25) is 5.04 Å². The lowest BCUT2D eigenvalue weighted by molar-refractivity contribution is 0.0963. The Kier molecular flexibility index (Phi) is 5.84. The van der Waals surface area contributed by atoms with Gasteiger partial charge in [0.15, 0.2) is 15.6 Å². The van der Waals surface area contributed by atoms with E-state index < -0.39 is 33.4 Å². The van der Waals surface area contributed by atoms with Crippen molar-refractivity contribution in [3.8, 4) is 5.69 Å². The first kappa shape index (κ1) is 21.5. The molecule has 1 amide bonds. The largest absolute Gasteiger partial charge is 0.441 e. The molecule has 3 rings (SSSR count). The van der Waals surface area contributed by atoms with Gasteiger partial charge in [-0.05, 0) is 37.1 Å². The van der Waals surface area contributed by atoms with Crippen LogP contribution < -0.4 is 4.90 Å². The summed E-state index contributed by atoms with van der Waals surface area (Å²) in [5.74, 6) is -0.514. The Bertz CT molecular complexity index is 894. The molecule has 158 valence electrons. The van der Waals surface area contributed by atoms with Crippen LogP contribution in [0, 0.1) is 5.82 Å². The van der Waals surface area contributed by atoms with Crippen molar-refractivity contribution in [3.63, 3.8) is 0 Å². The molecule has 0 radical (unpaired) electrons. The Morgan fingerprint density at radius 2 is 2.07 bits per heavy atom. The molecule has 1 fully saturated rings. The fraction of sp³-hybridized carbons (Fsp3) is 0.500. The number of ether oxygens (including phenoxy) is 1. The molecule has 2 aromatic rings. The third-order valence-electron chi connectivity index (χ3n) is 4.71. The van der Waals surface area contributed by atoms with Crippen molar-refractivity contribution in [2.24, 2.45) is 0 Å². The zero-order valence-corrected chi connectivity index (χ0v) is 18.9. The minimum Gasteiger partial charge on any atom is -0.441 e. The number of carbonyl (C=O) groups excluding carboxylic acids is 1. The first-order valence-electron chi connectivity index (χ1n) is 9.58. The molecule has 0 bridgehead atoms. The highest BCUT2D eigenvalue weighted by Crippen LogP contribution is 2.30. The molecule has 1 N–H and O–H groups in total. The fourth-order valence-electron chi connectivity index (χ4n) is 2.92. The van der Waals surface area contributed by atoms with Crippen LogP contribution in [-0.2, 0) is 14.8 Å². The van der Waals surface area contributed by atoms with Gasteiger partial charge in [0.25, 0.3) is 0 Å². The quantitative estimate of drug-likeness (QED) is 0.726. The second-order valence-corrected chi connectivity index (χ2v) is 11.7. The average Bonchev–Trinajstić information content (AvgIpc) is 3.27. The molecule has 1 aliphatic heterocycles. The minimum atomic E-state index is -0.764. The predicted octanol–water partition coefficient (Wildman–Crippen LogP) is 2.88. The second-order valence-electron chi connectivity index (χ2n) is 8.97. The van der Waals surface area contributed by atoms with Crippen LogP contribution in [0.1, 0.15) is 40.2 Å². The van der Waals surface area contributed by atoms with Crippen molar-refractivity contribution in [3.05, 3.63) is 42.0 Å². The van der Waals surface area contributed by atoms with Crippen LogP contribution in [0.3, 0.4) is 0 Å². The first-order valence-corrected chi connectivity index (χ1v) is 10.9. The molecule has 1 aromatic carbocycles. The zero-order chi connectivity index (χ0) is 21.4. The van der Waals surface area contributed by atoms with E-state index in [1.807, 2.05) is 13.8 Å². The van der Waals surface area contributed by atoms with Gasteiger partial charge in [0, 0.05) is 11.8 Å². The number of benzene rings is 1. The number of hydrogen-bond acceptors (Lipinski definition) is 5. The summed E-state index contributed by atoms with van der Waals surface area (Å²) in [5.41, 5.74) is 1.01. The van der Waals surface area contributed by atoms with Gasteiger partial charge in [-0.2, -0.15) is 5.10 Å².